The van der Waals surface area contributed by atoms with E-state index in [1.165, 1.54) is 17.6 Å². The van der Waals surface area contributed by atoms with Gasteiger partial charge in [-0.1, -0.05) is 6.42 Å². The molecule has 1 N–H and O–H groups in total. The molecule has 1 heterocycles. The first-order chi connectivity index (χ1) is 8.47. The van der Waals surface area contributed by atoms with Crippen molar-refractivity contribution in [3.8, 4) is 0 Å². The number of carbonyl (C=O) groups excluding carboxylic acids is 1. The molecule has 2 atom stereocenters. The third kappa shape index (κ3) is 3.29. The number of thiazole rings is 1. The Labute approximate surface area is 111 Å². The number of aromatic nitrogens is 1. The van der Waals surface area contributed by atoms with Crippen molar-refractivity contribution < 1.29 is 13.2 Å². The summed E-state index contributed by atoms with van der Waals surface area (Å²) in [4.78, 5) is 15.8. The zero-order chi connectivity index (χ0) is 13.2. The average molecular weight is 288 g/mol. The Hall–Kier alpha value is -0.950. The maximum absolute atomic E-state index is 11.8. The third-order valence-electron chi connectivity index (χ3n) is 3.23. The molecule has 0 radical (unpaired) electrons. The molecule has 0 aromatic carbocycles. The molecule has 0 saturated heterocycles. The molecule has 0 aliphatic heterocycles. The quantitative estimate of drug-likeness (QED) is 0.907. The molecule has 0 spiro atoms. The van der Waals surface area contributed by atoms with Crippen LogP contribution in [0.3, 0.4) is 0 Å². The number of nitrogens with zero attached hydrogens (tertiary/aromatic N) is 1. The van der Waals surface area contributed by atoms with Gasteiger partial charge in [0.1, 0.15) is 15.5 Å². The maximum Gasteiger partial charge on any atom is 0.270 e. The topological polar surface area (TPSA) is 76.1 Å². The van der Waals surface area contributed by atoms with Crippen molar-refractivity contribution in [1.29, 1.82) is 0 Å². The summed E-state index contributed by atoms with van der Waals surface area (Å²) in [6, 6.07) is -0.0623. The predicted octanol–water partition coefficient (Wildman–Crippen LogP) is 1.23. The van der Waals surface area contributed by atoms with Crippen LogP contribution in [-0.2, 0) is 9.84 Å². The number of hydrogen-bond donors (Lipinski definition) is 1. The minimum absolute atomic E-state index is 0.0623. The van der Waals surface area contributed by atoms with E-state index in [9.17, 15) is 13.2 Å². The van der Waals surface area contributed by atoms with Crippen LogP contribution in [0.4, 0.5) is 0 Å². The van der Waals surface area contributed by atoms with Crippen molar-refractivity contribution in [2.75, 3.05) is 6.26 Å². The molecule has 100 valence electrons. The molecule has 1 aliphatic carbocycles. The van der Waals surface area contributed by atoms with Crippen LogP contribution in [0, 0.1) is 0 Å². The van der Waals surface area contributed by atoms with Gasteiger partial charge < -0.3 is 5.32 Å². The number of nitrogens with one attached hydrogen (secondary N) is 1. The lowest BCUT2D eigenvalue weighted by Gasteiger charge is -2.28. The van der Waals surface area contributed by atoms with E-state index < -0.39 is 9.84 Å². The zero-order valence-corrected chi connectivity index (χ0v) is 11.8. The second kappa shape index (κ2) is 5.36. The largest absolute Gasteiger partial charge is 0.348 e. The molecule has 7 heteroatoms. The lowest BCUT2D eigenvalue weighted by Crippen LogP contribution is -2.41. The Morgan fingerprint density at radius 2 is 2.28 bits per heavy atom. The Kier molecular flexibility index (Phi) is 4.01. The average Bonchev–Trinajstić information content (AvgIpc) is 2.81. The first kappa shape index (κ1) is 13.5. The molecule has 5 nitrogen and oxygen atoms in total. The van der Waals surface area contributed by atoms with E-state index in [0.29, 0.717) is 18.5 Å². The number of carbonyl (C=O) groups is 1. The number of rotatable bonds is 3. The molecule has 2 rings (SSSR count). The fraction of sp³-hybridized carbons (Fsp3) is 0.636. The van der Waals surface area contributed by atoms with Crippen molar-refractivity contribution in [3.63, 3.8) is 0 Å². The molecule has 1 aromatic rings. The standard InChI is InChI=1S/C11H16N2O3S2/c1-18(15,16)9-4-2-3-8(5-9)13-11(14)10-6-17-7-12-10/h6-9H,2-5H2,1H3,(H,13,14)/t8-,9-/m0/s1. The fourth-order valence-corrected chi connectivity index (χ4v) is 3.96. The van der Waals surface area contributed by atoms with Crippen molar-refractivity contribution in [1.82, 2.24) is 10.3 Å². The summed E-state index contributed by atoms with van der Waals surface area (Å²) in [6.07, 6.45) is 4.14. The normalized spacial score (nSPS) is 24.7. The minimum atomic E-state index is -3.01. The predicted molar refractivity (Wildman–Crippen MR) is 70.5 cm³/mol. The summed E-state index contributed by atoms with van der Waals surface area (Å²) in [5, 5.41) is 4.22. The van der Waals surface area contributed by atoms with Crippen molar-refractivity contribution in [3.05, 3.63) is 16.6 Å². The summed E-state index contributed by atoms with van der Waals surface area (Å²) in [5.41, 5.74) is 2.01. The van der Waals surface area contributed by atoms with Crippen LogP contribution >= 0.6 is 11.3 Å². The summed E-state index contributed by atoms with van der Waals surface area (Å²) < 4.78 is 23.0. The van der Waals surface area contributed by atoms with E-state index in [2.05, 4.69) is 10.3 Å². The molecule has 1 amide bonds. The molecular formula is C11H16N2O3S2. The van der Waals surface area contributed by atoms with Crippen LogP contribution in [0.25, 0.3) is 0 Å². The molecule has 18 heavy (non-hydrogen) atoms. The highest BCUT2D eigenvalue weighted by atomic mass is 32.2. The van der Waals surface area contributed by atoms with Gasteiger partial charge >= 0.3 is 0 Å². The minimum Gasteiger partial charge on any atom is -0.348 e. The Bertz CT molecular complexity index is 510. The Morgan fingerprint density at radius 1 is 1.50 bits per heavy atom. The van der Waals surface area contributed by atoms with Gasteiger partial charge in [-0.3, -0.25) is 4.79 Å². The van der Waals surface area contributed by atoms with E-state index >= 15 is 0 Å². The van der Waals surface area contributed by atoms with Crippen LogP contribution in [0.5, 0.6) is 0 Å². The van der Waals surface area contributed by atoms with E-state index in [1.807, 2.05) is 0 Å². The van der Waals surface area contributed by atoms with Gasteiger partial charge in [0.2, 0.25) is 0 Å². The number of amides is 1. The van der Waals surface area contributed by atoms with Crippen LogP contribution < -0.4 is 5.32 Å². The van der Waals surface area contributed by atoms with E-state index in [1.54, 1.807) is 10.9 Å². The lowest BCUT2D eigenvalue weighted by atomic mass is 9.95. The van der Waals surface area contributed by atoms with E-state index in [0.717, 1.165) is 12.8 Å². The molecule has 1 aliphatic rings. The summed E-state index contributed by atoms with van der Waals surface area (Å²) in [5.74, 6) is -0.213. The van der Waals surface area contributed by atoms with Gasteiger partial charge in [0.15, 0.2) is 0 Å². The van der Waals surface area contributed by atoms with Gasteiger partial charge in [-0.15, -0.1) is 11.3 Å². The first-order valence-electron chi connectivity index (χ1n) is 5.84. The van der Waals surface area contributed by atoms with Crippen molar-refractivity contribution in [2.45, 2.75) is 37.0 Å². The van der Waals surface area contributed by atoms with Gasteiger partial charge in [0.25, 0.3) is 5.91 Å². The molecule has 1 aromatic heterocycles. The zero-order valence-electron chi connectivity index (χ0n) is 10.1. The molecular weight excluding hydrogens is 272 g/mol. The first-order valence-corrected chi connectivity index (χ1v) is 8.74. The van der Waals surface area contributed by atoms with Crippen LogP contribution in [0.1, 0.15) is 36.2 Å². The van der Waals surface area contributed by atoms with Crippen LogP contribution in [0.15, 0.2) is 10.9 Å². The third-order valence-corrected chi connectivity index (χ3v) is 5.46. The van der Waals surface area contributed by atoms with Gasteiger partial charge in [-0.25, -0.2) is 13.4 Å². The Balaban J connectivity index is 1.96. The van der Waals surface area contributed by atoms with Gasteiger partial charge in [-0.05, 0) is 19.3 Å². The highest BCUT2D eigenvalue weighted by Gasteiger charge is 2.29. The molecule has 1 saturated carbocycles. The smallest absolute Gasteiger partial charge is 0.270 e. The van der Waals surface area contributed by atoms with Gasteiger partial charge in [-0.2, -0.15) is 0 Å². The second-order valence-electron chi connectivity index (χ2n) is 4.66. The Morgan fingerprint density at radius 3 is 2.89 bits per heavy atom. The molecule has 1 fully saturated rings. The van der Waals surface area contributed by atoms with Crippen molar-refractivity contribution >= 4 is 27.1 Å². The van der Waals surface area contributed by atoms with Crippen LogP contribution in [0.2, 0.25) is 0 Å². The lowest BCUT2D eigenvalue weighted by molar-refractivity contribution is 0.0923. The monoisotopic (exact) mass is 288 g/mol. The highest BCUT2D eigenvalue weighted by Crippen LogP contribution is 2.24. The highest BCUT2D eigenvalue weighted by molar-refractivity contribution is 7.91. The summed E-state index contributed by atoms with van der Waals surface area (Å²) in [7, 11) is -3.01. The number of hydrogen-bond acceptors (Lipinski definition) is 5. The van der Waals surface area contributed by atoms with E-state index in [4.69, 9.17) is 0 Å². The fourth-order valence-electron chi connectivity index (χ4n) is 2.25. The summed E-state index contributed by atoms with van der Waals surface area (Å²) >= 11 is 1.37. The maximum atomic E-state index is 11.8. The molecule has 0 bridgehead atoms. The van der Waals surface area contributed by atoms with Gasteiger partial charge in [0, 0.05) is 17.7 Å². The van der Waals surface area contributed by atoms with Gasteiger partial charge in [0.05, 0.1) is 10.8 Å². The summed E-state index contributed by atoms with van der Waals surface area (Å²) in [6.45, 7) is 0. The number of sulfone groups is 1. The van der Waals surface area contributed by atoms with Crippen molar-refractivity contribution in [2.24, 2.45) is 0 Å². The SMILES string of the molecule is CS(=O)(=O)[C@H]1CCC[C@H](NC(=O)c2cscn2)C1. The van der Waals surface area contributed by atoms with E-state index in [-0.39, 0.29) is 17.2 Å². The second-order valence-corrected chi connectivity index (χ2v) is 7.71. The van der Waals surface area contributed by atoms with Crippen LogP contribution in [-0.4, -0.2) is 36.9 Å². The molecule has 0 unspecified atom stereocenters.